The molecular formula is C13H21NOS. The molecular weight excluding hydrogens is 218 g/mol. The Balaban J connectivity index is 1.92. The van der Waals surface area contributed by atoms with Crippen LogP contribution in [0.5, 0.6) is 0 Å². The Morgan fingerprint density at radius 1 is 1.44 bits per heavy atom. The maximum Gasteiger partial charge on any atom is 0.133 e. The molecule has 0 unspecified atom stereocenters. The number of nitrogens with zero attached hydrogens (tertiary/aromatic N) is 1. The van der Waals surface area contributed by atoms with Gasteiger partial charge >= 0.3 is 0 Å². The van der Waals surface area contributed by atoms with Gasteiger partial charge in [-0.2, -0.15) is 5.26 Å². The lowest BCUT2D eigenvalue weighted by atomic mass is 9.70. The molecule has 2 bridgehead atoms. The van der Waals surface area contributed by atoms with Crippen molar-refractivity contribution in [3.63, 3.8) is 0 Å². The Labute approximate surface area is 103 Å². The summed E-state index contributed by atoms with van der Waals surface area (Å²) in [5.74, 6) is 1.64. The van der Waals surface area contributed by atoms with Gasteiger partial charge in [0.2, 0.25) is 0 Å². The summed E-state index contributed by atoms with van der Waals surface area (Å²) in [6.07, 6.45) is 4.32. The highest BCUT2D eigenvalue weighted by Gasteiger charge is 2.61. The van der Waals surface area contributed by atoms with Gasteiger partial charge in [-0.25, -0.2) is 0 Å². The topological polar surface area (TPSA) is 33.0 Å². The Morgan fingerprint density at radius 3 is 2.69 bits per heavy atom. The van der Waals surface area contributed by atoms with E-state index in [1.54, 1.807) is 0 Å². The van der Waals surface area contributed by atoms with Crippen molar-refractivity contribution in [3.8, 4) is 5.40 Å². The Bertz CT molecular complexity index is 310. The number of fused-ring (bicyclic) bond motifs is 2. The van der Waals surface area contributed by atoms with Gasteiger partial charge in [0.1, 0.15) is 5.40 Å². The molecule has 0 amide bonds. The fraction of sp³-hybridized carbons (Fsp3) is 0.923. The molecule has 0 aromatic carbocycles. The molecule has 0 heterocycles. The second-order valence-corrected chi connectivity index (χ2v) is 6.79. The van der Waals surface area contributed by atoms with Gasteiger partial charge in [-0.3, -0.25) is 0 Å². The molecule has 0 aromatic heterocycles. The summed E-state index contributed by atoms with van der Waals surface area (Å²) >= 11 is 1.29. The van der Waals surface area contributed by atoms with Gasteiger partial charge in [0, 0.05) is 5.75 Å². The van der Waals surface area contributed by atoms with Crippen LogP contribution in [0.25, 0.3) is 0 Å². The summed E-state index contributed by atoms with van der Waals surface area (Å²) in [5.41, 5.74) is 0.787. The Kier molecular flexibility index (Phi) is 3.25. The first-order chi connectivity index (χ1) is 7.52. The van der Waals surface area contributed by atoms with Crippen LogP contribution in [0.1, 0.15) is 40.0 Å². The van der Waals surface area contributed by atoms with Crippen molar-refractivity contribution in [2.45, 2.75) is 46.1 Å². The van der Waals surface area contributed by atoms with Crippen molar-refractivity contribution in [1.29, 1.82) is 5.26 Å². The van der Waals surface area contributed by atoms with Crippen molar-refractivity contribution < 1.29 is 4.74 Å². The number of hydrogen-bond acceptors (Lipinski definition) is 3. The van der Waals surface area contributed by atoms with Crippen molar-refractivity contribution in [2.75, 3.05) is 12.4 Å². The van der Waals surface area contributed by atoms with Crippen LogP contribution in [0.3, 0.4) is 0 Å². The lowest BCUT2D eigenvalue weighted by Crippen LogP contribution is -2.37. The monoisotopic (exact) mass is 239 g/mol. The van der Waals surface area contributed by atoms with E-state index in [-0.39, 0.29) is 0 Å². The molecule has 2 saturated carbocycles. The summed E-state index contributed by atoms with van der Waals surface area (Å²) in [7, 11) is 0. The molecule has 16 heavy (non-hydrogen) atoms. The normalized spacial score (nSPS) is 39.9. The molecule has 0 aliphatic heterocycles. The lowest BCUT2D eigenvalue weighted by Gasteiger charge is -2.38. The van der Waals surface area contributed by atoms with E-state index in [1.807, 2.05) is 0 Å². The molecule has 90 valence electrons. The van der Waals surface area contributed by atoms with E-state index in [2.05, 4.69) is 26.2 Å². The Hall–Kier alpha value is -0.200. The number of ether oxygens (including phenoxy) is 1. The number of rotatable bonds is 4. The standard InChI is InChI=1S/C13H21NOS/c1-12(2)10-4-5-13(12,3)11(8-10)15-6-7-16-9-14/h10-11H,4-8H2,1-3H3/t10-,11+,13-/m0/s1. The third-order valence-electron chi connectivity index (χ3n) is 5.28. The second kappa shape index (κ2) is 4.23. The predicted octanol–water partition coefficient (Wildman–Crippen LogP) is 3.43. The van der Waals surface area contributed by atoms with Crippen molar-refractivity contribution in [3.05, 3.63) is 0 Å². The first-order valence-corrected chi connectivity index (χ1v) is 7.13. The molecule has 0 spiro atoms. The molecule has 0 saturated heterocycles. The van der Waals surface area contributed by atoms with Gasteiger partial charge in [0.15, 0.2) is 0 Å². The maximum atomic E-state index is 8.45. The summed E-state index contributed by atoms with van der Waals surface area (Å²) in [5, 5.41) is 10.5. The molecule has 2 nitrogen and oxygen atoms in total. The highest BCUT2D eigenvalue weighted by molar-refractivity contribution is 8.03. The third kappa shape index (κ3) is 1.67. The third-order valence-corrected chi connectivity index (χ3v) is 5.78. The van der Waals surface area contributed by atoms with E-state index in [9.17, 15) is 0 Å². The fourth-order valence-electron chi connectivity index (χ4n) is 3.66. The quantitative estimate of drug-likeness (QED) is 0.556. The Morgan fingerprint density at radius 2 is 2.19 bits per heavy atom. The van der Waals surface area contributed by atoms with Crippen LogP contribution in [-0.4, -0.2) is 18.5 Å². The minimum atomic E-state index is 0.356. The van der Waals surface area contributed by atoms with Crippen LogP contribution < -0.4 is 0 Å². The summed E-state index contributed by atoms with van der Waals surface area (Å²) in [6, 6.07) is 0. The SMILES string of the molecule is CC1(C)[C@H]2CC[C@@]1(C)[C@H](OCCSC#N)C2. The van der Waals surface area contributed by atoms with Crippen molar-refractivity contribution in [1.82, 2.24) is 0 Å². The largest absolute Gasteiger partial charge is 0.377 e. The van der Waals surface area contributed by atoms with E-state index >= 15 is 0 Å². The van der Waals surface area contributed by atoms with Crippen LogP contribution in [0.4, 0.5) is 0 Å². The second-order valence-electron chi connectivity index (χ2n) is 5.91. The molecule has 2 aliphatic carbocycles. The van der Waals surface area contributed by atoms with Crippen LogP contribution in [-0.2, 0) is 4.74 Å². The van der Waals surface area contributed by atoms with Crippen LogP contribution in [0, 0.1) is 27.4 Å². The molecule has 0 aromatic rings. The summed E-state index contributed by atoms with van der Waals surface area (Å²) in [6.45, 7) is 7.92. The van der Waals surface area contributed by atoms with E-state index < -0.39 is 0 Å². The van der Waals surface area contributed by atoms with E-state index in [4.69, 9.17) is 10.00 Å². The number of thioether (sulfide) groups is 1. The van der Waals surface area contributed by atoms with Crippen molar-refractivity contribution in [2.24, 2.45) is 16.7 Å². The van der Waals surface area contributed by atoms with Crippen LogP contribution in [0.15, 0.2) is 0 Å². The zero-order valence-corrected chi connectivity index (χ0v) is 11.3. The van der Waals surface area contributed by atoms with Gasteiger partial charge in [0.25, 0.3) is 0 Å². The minimum Gasteiger partial charge on any atom is -0.377 e. The number of hydrogen-bond donors (Lipinski definition) is 0. The maximum absolute atomic E-state index is 8.45. The first-order valence-electron chi connectivity index (χ1n) is 6.15. The molecule has 2 aliphatic rings. The molecule has 3 atom stereocenters. The van der Waals surface area contributed by atoms with E-state index in [0.29, 0.717) is 16.9 Å². The smallest absolute Gasteiger partial charge is 0.133 e. The molecule has 0 N–H and O–H groups in total. The van der Waals surface area contributed by atoms with Gasteiger partial charge in [-0.05, 0) is 47.8 Å². The van der Waals surface area contributed by atoms with Gasteiger partial charge in [-0.15, -0.1) is 0 Å². The van der Waals surface area contributed by atoms with Crippen molar-refractivity contribution >= 4 is 11.8 Å². The van der Waals surface area contributed by atoms with Crippen LogP contribution in [0.2, 0.25) is 0 Å². The lowest BCUT2D eigenvalue weighted by molar-refractivity contribution is -0.0402. The van der Waals surface area contributed by atoms with E-state index in [0.717, 1.165) is 18.3 Å². The average molecular weight is 239 g/mol. The van der Waals surface area contributed by atoms with Gasteiger partial charge in [-0.1, -0.05) is 20.8 Å². The predicted molar refractivity (Wildman–Crippen MR) is 67.0 cm³/mol. The average Bonchev–Trinajstić information content (AvgIpc) is 2.57. The van der Waals surface area contributed by atoms with Gasteiger partial charge in [0.05, 0.1) is 12.7 Å². The minimum absolute atomic E-state index is 0.356. The highest BCUT2D eigenvalue weighted by atomic mass is 32.2. The molecule has 2 rings (SSSR count). The summed E-state index contributed by atoms with van der Waals surface area (Å²) in [4.78, 5) is 0. The zero-order valence-electron chi connectivity index (χ0n) is 10.5. The molecule has 0 radical (unpaired) electrons. The number of thiocyanates is 1. The van der Waals surface area contributed by atoms with Gasteiger partial charge < -0.3 is 4.74 Å². The molecule has 2 fully saturated rings. The highest BCUT2D eigenvalue weighted by Crippen LogP contribution is 2.66. The van der Waals surface area contributed by atoms with E-state index in [1.165, 1.54) is 31.0 Å². The number of nitriles is 1. The fourth-order valence-corrected chi connectivity index (χ4v) is 3.93. The van der Waals surface area contributed by atoms with Crippen LogP contribution >= 0.6 is 11.8 Å². The first kappa shape index (κ1) is 12.3. The zero-order chi connectivity index (χ0) is 11.8. The summed E-state index contributed by atoms with van der Waals surface area (Å²) < 4.78 is 6.01. The molecule has 3 heteroatoms.